The van der Waals surface area contributed by atoms with E-state index in [1.807, 2.05) is 60.5 Å². The molecule has 2 aromatic heterocycles. The van der Waals surface area contributed by atoms with Crippen LogP contribution in [0.15, 0.2) is 54.7 Å². The Morgan fingerprint density at radius 2 is 1.95 bits per heavy atom. The van der Waals surface area contributed by atoms with Gasteiger partial charge in [0.05, 0.1) is 23.3 Å². The normalized spacial score (nSPS) is 10.3. The van der Waals surface area contributed by atoms with Gasteiger partial charge < -0.3 is 4.90 Å². The number of rotatable bonds is 3. The van der Waals surface area contributed by atoms with Crippen molar-refractivity contribution >= 4 is 16.7 Å². The van der Waals surface area contributed by atoms with E-state index in [1.54, 1.807) is 6.20 Å². The third kappa shape index (κ3) is 2.67. The first-order valence-corrected chi connectivity index (χ1v) is 6.69. The van der Waals surface area contributed by atoms with E-state index >= 15 is 0 Å². The summed E-state index contributed by atoms with van der Waals surface area (Å²) in [6.07, 6.45) is 1.77. The number of hydrogen-bond acceptors (Lipinski definition) is 4. The second-order valence-electron chi connectivity index (χ2n) is 4.84. The third-order valence-corrected chi connectivity index (χ3v) is 3.31. The average molecular weight is 274 g/mol. The summed E-state index contributed by atoms with van der Waals surface area (Å²) in [5, 5.41) is 10.3. The van der Waals surface area contributed by atoms with E-state index in [1.165, 1.54) is 0 Å². The molecular formula is C17H14N4. The molecule has 0 aliphatic carbocycles. The molecule has 0 aliphatic rings. The number of benzene rings is 1. The second kappa shape index (κ2) is 5.59. The Labute approximate surface area is 123 Å². The molecule has 0 radical (unpaired) electrons. The van der Waals surface area contributed by atoms with Gasteiger partial charge in [-0.2, -0.15) is 5.26 Å². The lowest BCUT2D eigenvalue weighted by Crippen LogP contribution is -2.19. The van der Waals surface area contributed by atoms with Crippen LogP contribution in [-0.4, -0.2) is 17.0 Å². The van der Waals surface area contributed by atoms with Crippen LogP contribution in [0.2, 0.25) is 0 Å². The molecule has 2 heterocycles. The Morgan fingerprint density at radius 1 is 1.14 bits per heavy atom. The van der Waals surface area contributed by atoms with Gasteiger partial charge in [-0.3, -0.25) is 4.98 Å². The molecule has 4 nitrogen and oxygen atoms in total. The SMILES string of the molecule is CN(Cc1ccccn1)c1nc2ccccc2cc1C#N. The van der Waals surface area contributed by atoms with Crippen molar-refractivity contribution in [2.24, 2.45) is 0 Å². The Kier molecular flexibility index (Phi) is 3.48. The summed E-state index contributed by atoms with van der Waals surface area (Å²) in [4.78, 5) is 10.9. The van der Waals surface area contributed by atoms with E-state index in [2.05, 4.69) is 16.0 Å². The molecule has 0 saturated carbocycles. The fraction of sp³-hybridized carbons (Fsp3) is 0.118. The molecule has 0 bridgehead atoms. The fourth-order valence-corrected chi connectivity index (χ4v) is 2.29. The van der Waals surface area contributed by atoms with Gasteiger partial charge in [-0.1, -0.05) is 24.3 Å². The summed E-state index contributed by atoms with van der Waals surface area (Å²) in [5.41, 5.74) is 2.41. The second-order valence-corrected chi connectivity index (χ2v) is 4.84. The molecule has 1 aromatic carbocycles. The van der Waals surface area contributed by atoms with Crippen LogP contribution in [0.25, 0.3) is 10.9 Å². The number of hydrogen-bond donors (Lipinski definition) is 0. The zero-order chi connectivity index (χ0) is 14.7. The maximum Gasteiger partial charge on any atom is 0.147 e. The summed E-state index contributed by atoms with van der Waals surface area (Å²) in [6.45, 7) is 0.612. The van der Waals surface area contributed by atoms with Crippen LogP contribution >= 0.6 is 0 Å². The third-order valence-electron chi connectivity index (χ3n) is 3.31. The van der Waals surface area contributed by atoms with Crippen LogP contribution < -0.4 is 4.90 Å². The summed E-state index contributed by atoms with van der Waals surface area (Å²) < 4.78 is 0. The number of fused-ring (bicyclic) bond motifs is 1. The minimum absolute atomic E-state index is 0.576. The Morgan fingerprint density at radius 3 is 2.71 bits per heavy atom. The summed E-state index contributed by atoms with van der Waals surface area (Å²) in [7, 11) is 1.92. The number of nitrogens with zero attached hydrogens (tertiary/aromatic N) is 4. The minimum atomic E-state index is 0.576. The molecule has 0 aliphatic heterocycles. The molecule has 0 saturated heterocycles. The molecule has 0 atom stereocenters. The van der Waals surface area contributed by atoms with Gasteiger partial charge in [0.1, 0.15) is 11.9 Å². The highest BCUT2D eigenvalue weighted by Crippen LogP contribution is 2.23. The zero-order valence-corrected chi connectivity index (χ0v) is 11.7. The maximum atomic E-state index is 9.36. The highest BCUT2D eigenvalue weighted by Gasteiger charge is 2.11. The highest BCUT2D eigenvalue weighted by molar-refractivity contribution is 5.83. The molecule has 0 fully saturated rings. The van der Waals surface area contributed by atoms with E-state index in [0.717, 1.165) is 16.6 Å². The predicted molar refractivity (Wildman–Crippen MR) is 82.8 cm³/mol. The van der Waals surface area contributed by atoms with Crippen LogP contribution in [0.3, 0.4) is 0 Å². The smallest absolute Gasteiger partial charge is 0.147 e. The number of pyridine rings is 2. The van der Waals surface area contributed by atoms with Gasteiger partial charge >= 0.3 is 0 Å². The van der Waals surface area contributed by atoms with Crippen molar-refractivity contribution in [3.63, 3.8) is 0 Å². The average Bonchev–Trinajstić information content (AvgIpc) is 2.54. The molecular weight excluding hydrogens is 260 g/mol. The molecule has 3 aromatic rings. The van der Waals surface area contributed by atoms with E-state index in [9.17, 15) is 5.26 Å². The number of aromatic nitrogens is 2. The van der Waals surface area contributed by atoms with Gasteiger partial charge in [-0.05, 0) is 24.3 Å². The monoisotopic (exact) mass is 274 g/mol. The van der Waals surface area contributed by atoms with Gasteiger partial charge in [0.15, 0.2) is 0 Å². The lowest BCUT2D eigenvalue weighted by molar-refractivity contribution is 0.867. The number of nitriles is 1. The largest absolute Gasteiger partial charge is 0.353 e. The Balaban J connectivity index is 2.00. The van der Waals surface area contributed by atoms with Crippen LogP contribution in [0.5, 0.6) is 0 Å². The van der Waals surface area contributed by atoms with Gasteiger partial charge in [0.2, 0.25) is 0 Å². The molecule has 0 unspecified atom stereocenters. The predicted octanol–water partition coefficient (Wildman–Crippen LogP) is 3.14. The first kappa shape index (κ1) is 13.1. The van der Waals surface area contributed by atoms with Gasteiger partial charge in [-0.15, -0.1) is 0 Å². The molecule has 21 heavy (non-hydrogen) atoms. The summed E-state index contributed by atoms with van der Waals surface area (Å²) >= 11 is 0. The quantitative estimate of drug-likeness (QED) is 0.736. The Hall–Kier alpha value is -2.93. The van der Waals surface area contributed by atoms with Crippen LogP contribution in [0, 0.1) is 11.3 Å². The highest BCUT2D eigenvalue weighted by atomic mass is 15.2. The van der Waals surface area contributed by atoms with Crippen molar-refractivity contribution in [2.45, 2.75) is 6.54 Å². The van der Waals surface area contributed by atoms with Crippen molar-refractivity contribution in [1.29, 1.82) is 5.26 Å². The Bertz CT molecular complexity index is 806. The lowest BCUT2D eigenvalue weighted by atomic mass is 10.1. The van der Waals surface area contributed by atoms with E-state index < -0.39 is 0 Å². The van der Waals surface area contributed by atoms with Gasteiger partial charge in [-0.25, -0.2) is 4.98 Å². The minimum Gasteiger partial charge on any atom is -0.353 e. The van der Waals surface area contributed by atoms with E-state index in [4.69, 9.17) is 0 Å². The molecule has 0 spiro atoms. The molecule has 102 valence electrons. The maximum absolute atomic E-state index is 9.36. The van der Waals surface area contributed by atoms with Gasteiger partial charge in [0, 0.05) is 18.6 Å². The fourth-order valence-electron chi connectivity index (χ4n) is 2.29. The first-order chi connectivity index (χ1) is 10.3. The summed E-state index contributed by atoms with van der Waals surface area (Å²) in [6, 6.07) is 17.7. The topological polar surface area (TPSA) is 52.8 Å². The number of anilines is 1. The van der Waals surface area contributed by atoms with Crippen LogP contribution in [0.4, 0.5) is 5.82 Å². The van der Waals surface area contributed by atoms with Crippen LogP contribution in [0.1, 0.15) is 11.3 Å². The molecule has 0 N–H and O–H groups in total. The van der Waals surface area contributed by atoms with Crippen molar-refractivity contribution in [3.8, 4) is 6.07 Å². The van der Waals surface area contributed by atoms with Crippen molar-refractivity contribution in [2.75, 3.05) is 11.9 Å². The first-order valence-electron chi connectivity index (χ1n) is 6.69. The summed E-state index contributed by atoms with van der Waals surface area (Å²) in [5.74, 6) is 0.682. The zero-order valence-electron chi connectivity index (χ0n) is 11.7. The van der Waals surface area contributed by atoms with Crippen molar-refractivity contribution in [3.05, 3.63) is 66.0 Å². The standard InChI is InChI=1S/C17H14N4/c1-21(12-15-7-4-5-9-19-15)17-14(11-18)10-13-6-2-3-8-16(13)20-17/h2-10H,12H2,1H3. The molecule has 0 amide bonds. The lowest BCUT2D eigenvalue weighted by Gasteiger charge is -2.19. The van der Waals surface area contributed by atoms with E-state index in [0.29, 0.717) is 17.9 Å². The van der Waals surface area contributed by atoms with Crippen molar-refractivity contribution in [1.82, 2.24) is 9.97 Å². The number of para-hydroxylation sites is 1. The van der Waals surface area contributed by atoms with Gasteiger partial charge in [0.25, 0.3) is 0 Å². The molecule has 4 heteroatoms. The van der Waals surface area contributed by atoms with E-state index in [-0.39, 0.29) is 0 Å². The molecule has 3 rings (SSSR count). The van der Waals surface area contributed by atoms with Crippen molar-refractivity contribution < 1.29 is 0 Å². The van der Waals surface area contributed by atoms with Crippen LogP contribution in [-0.2, 0) is 6.54 Å².